The van der Waals surface area contributed by atoms with E-state index in [-0.39, 0.29) is 0 Å². The van der Waals surface area contributed by atoms with Crippen LogP contribution in [0.4, 0.5) is 0 Å². The van der Waals surface area contributed by atoms with Gasteiger partial charge in [-0.3, -0.25) is 0 Å². The van der Waals surface area contributed by atoms with Crippen molar-refractivity contribution >= 4 is 11.3 Å². The average molecular weight is 209 g/mol. The number of rotatable bonds is 3. The summed E-state index contributed by atoms with van der Waals surface area (Å²) in [7, 11) is 2.05. The van der Waals surface area contributed by atoms with Gasteiger partial charge in [0.05, 0.1) is 0 Å². The van der Waals surface area contributed by atoms with Gasteiger partial charge in [0.1, 0.15) is 0 Å². The zero-order valence-corrected chi connectivity index (χ0v) is 10.1. The van der Waals surface area contributed by atoms with Crippen molar-refractivity contribution in [2.75, 3.05) is 13.6 Å². The molecule has 1 aliphatic rings. The lowest BCUT2D eigenvalue weighted by Gasteiger charge is -2.15. The van der Waals surface area contributed by atoms with E-state index in [1.165, 1.54) is 12.8 Å². The quantitative estimate of drug-likeness (QED) is 0.807. The molecule has 0 saturated carbocycles. The molecule has 0 amide bonds. The first-order valence-corrected chi connectivity index (χ1v) is 6.34. The second-order valence-corrected chi connectivity index (χ2v) is 5.51. The summed E-state index contributed by atoms with van der Waals surface area (Å²) in [5.41, 5.74) is 1.63. The Bertz CT molecular complexity index is 316. The number of hydrogen-bond donors (Lipinski definition) is 1. The molecule has 1 aromatic heterocycles. The zero-order valence-electron chi connectivity index (χ0n) is 9.26. The Hall–Kier alpha value is -0.340. The van der Waals surface area contributed by atoms with E-state index in [2.05, 4.69) is 32.3 Å². The van der Waals surface area contributed by atoms with Crippen LogP contribution in [0.15, 0.2) is 6.07 Å². The summed E-state index contributed by atoms with van der Waals surface area (Å²) < 4.78 is 0. The Morgan fingerprint density at radius 1 is 1.57 bits per heavy atom. The lowest BCUT2D eigenvalue weighted by atomic mass is 9.94. The molecule has 1 heterocycles. The minimum atomic E-state index is 0.756. The number of likely N-dealkylation sites (N-methyl/N-ethyl adjacent to an activating group) is 1. The molecular formula is C12H19NS. The van der Waals surface area contributed by atoms with E-state index < -0.39 is 0 Å². The molecule has 1 N–H and O–H groups in total. The highest BCUT2D eigenvalue weighted by Crippen LogP contribution is 2.42. The maximum Gasteiger partial charge on any atom is 0.00864 e. The molecule has 14 heavy (non-hydrogen) atoms. The third kappa shape index (κ3) is 1.61. The van der Waals surface area contributed by atoms with Crippen LogP contribution < -0.4 is 5.32 Å². The first-order valence-electron chi connectivity index (χ1n) is 5.52. The molecule has 2 heteroatoms. The Kier molecular flexibility index (Phi) is 2.93. The molecule has 0 aromatic carbocycles. The molecule has 0 aliphatic heterocycles. The number of nitrogens with one attached hydrogen (secondary N) is 1. The van der Waals surface area contributed by atoms with Gasteiger partial charge in [0.25, 0.3) is 0 Å². The summed E-state index contributed by atoms with van der Waals surface area (Å²) in [6, 6.07) is 2.44. The van der Waals surface area contributed by atoms with E-state index in [1.54, 1.807) is 15.3 Å². The second-order valence-electron chi connectivity index (χ2n) is 4.29. The maximum atomic E-state index is 3.31. The molecule has 0 spiro atoms. The third-order valence-electron chi connectivity index (χ3n) is 3.26. The van der Waals surface area contributed by atoms with Crippen LogP contribution in [0.3, 0.4) is 0 Å². The van der Waals surface area contributed by atoms with Crippen LogP contribution in [-0.2, 0) is 12.8 Å². The number of hydrogen-bond acceptors (Lipinski definition) is 2. The highest BCUT2D eigenvalue weighted by molar-refractivity contribution is 7.12. The van der Waals surface area contributed by atoms with E-state index in [1.807, 2.05) is 11.3 Å². The lowest BCUT2D eigenvalue weighted by Crippen LogP contribution is -2.19. The van der Waals surface area contributed by atoms with E-state index in [0.717, 1.165) is 18.4 Å². The molecule has 1 nitrogen and oxygen atoms in total. The van der Waals surface area contributed by atoms with Crippen LogP contribution in [0.5, 0.6) is 0 Å². The molecule has 0 bridgehead atoms. The van der Waals surface area contributed by atoms with Gasteiger partial charge in [-0.1, -0.05) is 13.8 Å². The molecule has 0 radical (unpaired) electrons. The van der Waals surface area contributed by atoms with Gasteiger partial charge in [0, 0.05) is 22.2 Å². The molecule has 78 valence electrons. The minimum Gasteiger partial charge on any atom is -0.319 e. The first-order chi connectivity index (χ1) is 6.76. The van der Waals surface area contributed by atoms with Gasteiger partial charge < -0.3 is 5.32 Å². The lowest BCUT2D eigenvalue weighted by molar-refractivity contribution is 0.480. The highest BCUT2D eigenvalue weighted by Gasteiger charge is 2.30. The Labute approximate surface area is 90.5 Å². The Morgan fingerprint density at radius 3 is 3.00 bits per heavy atom. The second kappa shape index (κ2) is 4.03. The van der Waals surface area contributed by atoms with Crippen molar-refractivity contribution in [2.45, 2.75) is 32.6 Å². The van der Waals surface area contributed by atoms with Crippen molar-refractivity contribution in [1.29, 1.82) is 0 Å². The average Bonchev–Trinajstić information content (AvgIpc) is 2.67. The van der Waals surface area contributed by atoms with Gasteiger partial charge >= 0.3 is 0 Å². The zero-order chi connectivity index (χ0) is 10.1. The summed E-state index contributed by atoms with van der Waals surface area (Å²) in [4.78, 5) is 3.21. The maximum absolute atomic E-state index is 3.31. The van der Waals surface area contributed by atoms with Crippen molar-refractivity contribution in [1.82, 2.24) is 5.32 Å². The summed E-state index contributed by atoms with van der Waals surface area (Å²) in [5, 5.41) is 3.31. The minimum absolute atomic E-state index is 0.756. The fourth-order valence-corrected chi connectivity index (χ4v) is 3.74. The monoisotopic (exact) mass is 209 g/mol. The topological polar surface area (TPSA) is 12.0 Å². The van der Waals surface area contributed by atoms with E-state index in [0.29, 0.717) is 0 Å². The van der Waals surface area contributed by atoms with Crippen molar-refractivity contribution in [3.8, 4) is 0 Å². The summed E-state index contributed by atoms with van der Waals surface area (Å²) in [5.74, 6) is 1.58. The van der Waals surface area contributed by atoms with E-state index in [4.69, 9.17) is 0 Å². The summed E-state index contributed by atoms with van der Waals surface area (Å²) in [6.07, 6.45) is 2.49. The molecular weight excluding hydrogens is 190 g/mol. The predicted molar refractivity (Wildman–Crippen MR) is 63.2 cm³/mol. The smallest absolute Gasteiger partial charge is 0.00864 e. The molecule has 0 saturated heterocycles. The van der Waals surface area contributed by atoms with Crippen LogP contribution in [0.1, 0.15) is 35.1 Å². The molecule has 1 aliphatic carbocycles. The Morgan fingerprint density at radius 2 is 2.36 bits per heavy atom. The Balaban J connectivity index is 2.25. The number of aryl methyl sites for hydroxylation is 1. The molecule has 2 unspecified atom stereocenters. The summed E-state index contributed by atoms with van der Waals surface area (Å²) >= 11 is 2.03. The van der Waals surface area contributed by atoms with Crippen LogP contribution in [0.2, 0.25) is 0 Å². The predicted octanol–water partition coefficient (Wildman–Crippen LogP) is 2.81. The van der Waals surface area contributed by atoms with Gasteiger partial charge in [0.15, 0.2) is 0 Å². The van der Waals surface area contributed by atoms with Gasteiger partial charge in [0.2, 0.25) is 0 Å². The van der Waals surface area contributed by atoms with Crippen LogP contribution in [0.25, 0.3) is 0 Å². The molecule has 0 fully saturated rings. The van der Waals surface area contributed by atoms with Crippen molar-refractivity contribution in [3.63, 3.8) is 0 Å². The van der Waals surface area contributed by atoms with Crippen LogP contribution in [0, 0.1) is 5.92 Å². The molecule has 1 aromatic rings. The van der Waals surface area contributed by atoms with Gasteiger partial charge in [-0.2, -0.15) is 0 Å². The first kappa shape index (κ1) is 10.2. The van der Waals surface area contributed by atoms with E-state index >= 15 is 0 Å². The standard InChI is InChI=1S/C12H19NS/c1-4-9-6-10-11(7-13-3)8(2)5-12(10)14-9/h6,8,11,13H,4-5,7H2,1-3H3. The highest BCUT2D eigenvalue weighted by atomic mass is 32.1. The van der Waals surface area contributed by atoms with Gasteiger partial charge in [-0.25, -0.2) is 0 Å². The van der Waals surface area contributed by atoms with Gasteiger partial charge in [-0.15, -0.1) is 11.3 Å². The van der Waals surface area contributed by atoms with Crippen molar-refractivity contribution in [2.24, 2.45) is 5.92 Å². The van der Waals surface area contributed by atoms with E-state index in [9.17, 15) is 0 Å². The SMILES string of the molecule is CCc1cc2c(s1)CC(C)C2CNC. The number of thiophene rings is 1. The fraction of sp³-hybridized carbons (Fsp3) is 0.667. The fourth-order valence-electron chi connectivity index (χ4n) is 2.42. The largest absolute Gasteiger partial charge is 0.319 e. The van der Waals surface area contributed by atoms with Crippen molar-refractivity contribution in [3.05, 3.63) is 21.4 Å². The number of fused-ring (bicyclic) bond motifs is 1. The third-order valence-corrected chi connectivity index (χ3v) is 4.58. The molecule has 2 atom stereocenters. The summed E-state index contributed by atoms with van der Waals surface area (Å²) in [6.45, 7) is 5.76. The van der Waals surface area contributed by atoms with Crippen molar-refractivity contribution < 1.29 is 0 Å². The normalized spacial score (nSPS) is 25.4. The van der Waals surface area contributed by atoms with Crippen LogP contribution >= 0.6 is 11.3 Å². The molecule has 2 rings (SSSR count). The van der Waals surface area contributed by atoms with Crippen LogP contribution in [-0.4, -0.2) is 13.6 Å². The van der Waals surface area contributed by atoms with Gasteiger partial charge in [-0.05, 0) is 37.4 Å².